The molecule has 0 bridgehead atoms. The van der Waals surface area contributed by atoms with Gasteiger partial charge in [0.25, 0.3) is 0 Å². The van der Waals surface area contributed by atoms with Crippen LogP contribution in [0.4, 0.5) is 0 Å². The quantitative estimate of drug-likeness (QED) is 0.209. The summed E-state index contributed by atoms with van der Waals surface area (Å²) in [5.41, 5.74) is 16.0. The molecule has 6 nitrogen and oxygen atoms in total. The van der Waals surface area contributed by atoms with Gasteiger partial charge in [0.2, 0.25) is 0 Å². The van der Waals surface area contributed by atoms with E-state index in [4.69, 9.17) is 27.7 Å². The number of amidine groups is 1. The maximum atomic E-state index is 10.3. The molecule has 2 atom stereocenters. The summed E-state index contributed by atoms with van der Waals surface area (Å²) in [5, 5.41) is 15.5. The Hall–Kier alpha value is -1.14. The van der Waals surface area contributed by atoms with Crippen LogP contribution in [0.5, 0.6) is 0 Å². The van der Waals surface area contributed by atoms with Crippen LogP contribution in [0.3, 0.4) is 0 Å². The number of hydrogen-bond acceptors (Lipinski definition) is 4. The molecule has 0 radical (unpaired) electrons. The zero-order valence-corrected chi connectivity index (χ0v) is 8.07. The highest BCUT2D eigenvalue weighted by Gasteiger charge is 2.11. The van der Waals surface area contributed by atoms with Gasteiger partial charge in [-0.2, -0.15) is 0 Å². The molecule has 0 aliphatic rings. The van der Waals surface area contributed by atoms with E-state index in [1.165, 1.54) is 0 Å². The number of nitrogens with one attached hydrogen (secondary N) is 1. The fraction of sp³-hybridized carbons (Fsp3) is 0.750. The minimum Gasteiger partial charge on any atom is -0.480 e. The van der Waals surface area contributed by atoms with E-state index in [0.717, 1.165) is 6.42 Å². The fourth-order valence-corrected chi connectivity index (χ4v) is 1.01. The molecule has 0 amide bonds. The Morgan fingerprint density at radius 3 is 2.00 bits per heavy atom. The summed E-state index contributed by atoms with van der Waals surface area (Å²) in [6, 6.07) is -1.22. The van der Waals surface area contributed by atoms with Crippen molar-refractivity contribution in [3.63, 3.8) is 0 Å². The molecule has 6 heteroatoms. The molecule has 8 N–H and O–H groups in total. The molecule has 0 fully saturated rings. The second-order valence-electron chi connectivity index (χ2n) is 3.29. The number of carbonyl (C=O) groups is 1. The number of hydrogen-bond donors (Lipinski definition) is 5. The molecule has 0 aromatic heterocycles. The highest BCUT2D eigenvalue weighted by atomic mass is 16.4. The minimum absolute atomic E-state index is 0.0347. The molecule has 0 saturated carbocycles. The Kier molecular flexibility index (Phi) is 5.82. The van der Waals surface area contributed by atoms with E-state index in [1.807, 2.05) is 0 Å². The van der Waals surface area contributed by atoms with Gasteiger partial charge in [0.05, 0.1) is 6.04 Å². The summed E-state index contributed by atoms with van der Waals surface area (Å²) in [7, 11) is 0. The number of nitrogens with two attached hydrogens (primary N) is 3. The van der Waals surface area contributed by atoms with Crippen LogP contribution in [0, 0.1) is 5.41 Å². The fourth-order valence-electron chi connectivity index (χ4n) is 1.01. The van der Waals surface area contributed by atoms with Crippen LogP contribution in [0.15, 0.2) is 0 Å². The normalized spacial score (nSPS) is 14.7. The van der Waals surface area contributed by atoms with E-state index in [-0.39, 0.29) is 5.84 Å². The van der Waals surface area contributed by atoms with Crippen molar-refractivity contribution in [2.45, 2.75) is 37.8 Å². The Balaban J connectivity index is 3.47. The van der Waals surface area contributed by atoms with Crippen LogP contribution in [0.25, 0.3) is 0 Å². The molecular formula is C8H18N4O2. The van der Waals surface area contributed by atoms with Gasteiger partial charge < -0.3 is 22.3 Å². The van der Waals surface area contributed by atoms with E-state index >= 15 is 0 Å². The smallest absolute Gasteiger partial charge is 0.320 e. The standard InChI is InChI=1S/C8H18N4O2/c9-5(7(11)12)3-1-2-4-6(10)8(13)14/h5-6H,1-4,9-10H2,(H3,11,12)(H,13,14). The van der Waals surface area contributed by atoms with Crippen LogP contribution >= 0.6 is 0 Å². The first-order chi connectivity index (χ1) is 6.45. The maximum Gasteiger partial charge on any atom is 0.320 e. The van der Waals surface area contributed by atoms with Gasteiger partial charge in [0.15, 0.2) is 0 Å². The van der Waals surface area contributed by atoms with Crippen molar-refractivity contribution in [1.29, 1.82) is 5.41 Å². The van der Waals surface area contributed by atoms with Gasteiger partial charge in [-0.25, -0.2) is 0 Å². The lowest BCUT2D eigenvalue weighted by molar-refractivity contribution is -0.138. The van der Waals surface area contributed by atoms with Crippen LogP contribution in [-0.4, -0.2) is 29.0 Å². The first-order valence-electron chi connectivity index (χ1n) is 4.53. The van der Waals surface area contributed by atoms with E-state index < -0.39 is 18.1 Å². The van der Waals surface area contributed by atoms with Crippen molar-refractivity contribution in [3.8, 4) is 0 Å². The second-order valence-corrected chi connectivity index (χ2v) is 3.29. The number of carboxylic acids is 1. The van der Waals surface area contributed by atoms with Gasteiger partial charge in [0, 0.05) is 0 Å². The van der Waals surface area contributed by atoms with E-state index in [1.54, 1.807) is 0 Å². The zero-order valence-electron chi connectivity index (χ0n) is 8.07. The van der Waals surface area contributed by atoms with Crippen molar-refractivity contribution in [1.82, 2.24) is 0 Å². The Bertz CT molecular complexity index is 186. The maximum absolute atomic E-state index is 10.3. The predicted molar refractivity (Wildman–Crippen MR) is 54.0 cm³/mol. The molecule has 2 unspecified atom stereocenters. The molecule has 0 spiro atoms. The Morgan fingerprint density at radius 2 is 1.64 bits per heavy atom. The molecule has 0 aliphatic heterocycles. The second kappa shape index (κ2) is 6.33. The predicted octanol–water partition coefficient (Wildman–Crippen LogP) is -0.778. The first-order valence-corrected chi connectivity index (χ1v) is 4.53. The molecule has 0 aromatic rings. The monoisotopic (exact) mass is 202 g/mol. The van der Waals surface area contributed by atoms with Gasteiger partial charge >= 0.3 is 5.97 Å². The number of rotatable bonds is 7. The lowest BCUT2D eigenvalue weighted by Gasteiger charge is -2.09. The topological polar surface area (TPSA) is 139 Å². The van der Waals surface area contributed by atoms with Gasteiger partial charge in [-0.15, -0.1) is 0 Å². The van der Waals surface area contributed by atoms with Crippen molar-refractivity contribution in [2.24, 2.45) is 17.2 Å². The van der Waals surface area contributed by atoms with Crippen molar-refractivity contribution in [3.05, 3.63) is 0 Å². The summed E-state index contributed by atoms with van der Waals surface area (Å²) in [6.07, 6.45) is 2.46. The van der Waals surface area contributed by atoms with Gasteiger partial charge in [-0.05, 0) is 12.8 Å². The van der Waals surface area contributed by atoms with Crippen molar-refractivity contribution in [2.75, 3.05) is 0 Å². The first kappa shape index (κ1) is 12.9. The highest BCUT2D eigenvalue weighted by Crippen LogP contribution is 2.04. The van der Waals surface area contributed by atoms with Crippen LogP contribution in [0.2, 0.25) is 0 Å². The average molecular weight is 202 g/mol. The lowest BCUT2D eigenvalue weighted by atomic mass is 10.1. The molecule has 0 aliphatic carbocycles. The van der Waals surface area contributed by atoms with Crippen LogP contribution in [0.1, 0.15) is 25.7 Å². The van der Waals surface area contributed by atoms with Crippen LogP contribution in [-0.2, 0) is 4.79 Å². The Morgan fingerprint density at radius 1 is 1.21 bits per heavy atom. The van der Waals surface area contributed by atoms with Gasteiger partial charge in [-0.3, -0.25) is 10.2 Å². The van der Waals surface area contributed by atoms with Crippen molar-refractivity contribution < 1.29 is 9.90 Å². The molecule has 0 rings (SSSR count). The van der Waals surface area contributed by atoms with Gasteiger partial charge in [0.1, 0.15) is 11.9 Å². The SMILES string of the molecule is N=C(N)C(N)CCCCC(N)C(=O)O. The molecule has 14 heavy (non-hydrogen) atoms. The lowest BCUT2D eigenvalue weighted by Crippen LogP contribution is -2.35. The molecule has 0 heterocycles. The minimum atomic E-state index is -0.985. The molecule has 82 valence electrons. The molecular weight excluding hydrogens is 184 g/mol. The van der Waals surface area contributed by atoms with Crippen molar-refractivity contribution >= 4 is 11.8 Å². The third-order valence-electron chi connectivity index (χ3n) is 2.00. The number of unbranched alkanes of at least 4 members (excludes halogenated alkanes) is 1. The summed E-state index contributed by atoms with van der Waals surface area (Å²) >= 11 is 0. The summed E-state index contributed by atoms with van der Waals surface area (Å²) < 4.78 is 0. The van der Waals surface area contributed by atoms with E-state index in [0.29, 0.717) is 19.3 Å². The summed E-state index contributed by atoms with van der Waals surface area (Å²) in [4.78, 5) is 10.3. The summed E-state index contributed by atoms with van der Waals surface area (Å²) in [5.74, 6) is -1.02. The highest BCUT2D eigenvalue weighted by molar-refractivity contribution is 5.82. The zero-order chi connectivity index (χ0) is 11.1. The number of aliphatic carboxylic acids is 1. The molecule has 0 aromatic carbocycles. The van der Waals surface area contributed by atoms with Crippen LogP contribution < -0.4 is 17.2 Å². The average Bonchev–Trinajstić information content (AvgIpc) is 2.11. The molecule has 0 saturated heterocycles. The largest absolute Gasteiger partial charge is 0.480 e. The van der Waals surface area contributed by atoms with Gasteiger partial charge in [-0.1, -0.05) is 12.8 Å². The van der Waals surface area contributed by atoms with E-state index in [2.05, 4.69) is 0 Å². The van der Waals surface area contributed by atoms with E-state index in [9.17, 15) is 4.79 Å². The summed E-state index contributed by atoms with van der Waals surface area (Å²) in [6.45, 7) is 0. The third kappa shape index (κ3) is 5.50. The third-order valence-corrected chi connectivity index (χ3v) is 2.00. The number of carboxylic acid groups (broad SMARTS) is 1. The Labute approximate surface area is 83.0 Å².